The third-order valence-corrected chi connectivity index (χ3v) is 11.7. The van der Waals surface area contributed by atoms with Gasteiger partial charge in [-0.2, -0.15) is 9.97 Å². The second kappa shape index (κ2) is 12.2. The highest BCUT2D eigenvalue weighted by molar-refractivity contribution is 6.36. The minimum absolute atomic E-state index is 0.115. The predicted molar refractivity (Wildman–Crippen MR) is 183 cm³/mol. The molecule has 8 nitrogen and oxygen atoms in total. The zero-order chi connectivity index (χ0) is 32.3. The predicted octanol–water partition coefficient (Wildman–Crippen LogP) is 7.12. The molecule has 1 aliphatic carbocycles. The smallest absolute Gasteiger partial charge is 0.319 e. The van der Waals surface area contributed by atoms with Crippen LogP contribution in [0, 0.1) is 17.7 Å². The van der Waals surface area contributed by atoms with Gasteiger partial charge in [-0.3, -0.25) is 14.7 Å². The Bertz CT molecular complexity index is 1840. The number of rotatable bonds is 8. The van der Waals surface area contributed by atoms with Crippen molar-refractivity contribution < 1.29 is 13.9 Å². The van der Waals surface area contributed by atoms with Crippen LogP contribution in [0.4, 0.5) is 10.2 Å². The molecule has 1 amide bonds. The van der Waals surface area contributed by atoms with Crippen LogP contribution in [-0.2, 0) is 4.79 Å². The van der Waals surface area contributed by atoms with E-state index in [1.807, 2.05) is 50.5 Å². The van der Waals surface area contributed by atoms with Gasteiger partial charge in [-0.25, -0.2) is 4.39 Å². The number of amides is 1. The maximum absolute atomic E-state index is 16.8. The summed E-state index contributed by atoms with van der Waals surface area (Å²) in [6.07, 6.45) is 11.0. The van der Waals surface area contributed by atoms with Crippen molar-refractivity contribution in [2.75, 3.05) is 45.2 Å². The highest BCUT2D eigenvalue weighted by Gasteiger charge is 2.49. The monoisotopic (exact) mass is 656 g/mol. The van der Waals surface area contributed by atoms with E-state index in [0.717, 1.165) is 62.5 Å². The zero-order valence-electron chi connectivity index (χ0n) is 27.2. The van der Waals surface area contributed by atoms with Gasteiger partial charge in [0.05, 0.1) is 10.9 Å². The molecule has 4 fully saturated rings. The number of hydrogen-bond donors (Lipinski definition) is 0. The van der Waals surface area contributed by atoms with Crippen molar-refractivity contribution in [2.45, 2.75) is 69.4 Å². The van der Waals surface area contributed by atoms with E-state index in [-0.39, 0.29) is 28.7 Å². The molecular weight excluding hydrogens is 615 g/mol. The average Bonchev–Trinajstić information content (AvgIpc) is 3.75. The number of piperidine rings is 1. The van der Waals surface area contributed by atoms with Crippen LogP contribution < -0.4 is 9.64 Å². The molecule has 246 valence electrons. The fourth-order valence-electron chi connectivity index (χ4n) is 9.02. The first-order valence-corrected chi connectivity index (χ1v) is 17.6. The van der Waals surface area contributed by atoms with Crippen molar-refractivity contribution in [3.63, 3.8) is 0 Å². The number of carbonyl (C=O) groups is 1. The van der Waals surface area contributed by atoms with Crippen LogP contribution in [0.2, 0.25) is 5.02 Å². The number of aromatic nitrogens is 3. The Kier molecular flexibility index (Phi) is 7.95. The molecule has 4 atom stereocenters. The van der Waals surface area contributed by atoms with Crippen LogP contribution in [0.5, 0.6) is 6.01 Å². The summed E-state index contributed by atoms with van der Waals surface area (Å²) in [7, 11) is 3.63. The molecule has 5 heterocycles. The van der Waals surface area contributed by atoms with E-state index in [2.05, 4.69) is 9.80 Å². The maximum Gasteiger partial charge on any atom is 0.319 e. The second-order valence-electron chi connectivity index (χ2n) is 14.4. The number of anilines is 1. The van der Waals surface area contributed by atoms with Gasteiger partial charge in [0, 0.05) is 61.8 Å². The molecule has 0 radical (unpaired) electrons. The maximum atomic E-state index is 16.8. The minimum atomic E-state index is -0.490. The number of halogens is 2. The first-order chi connectivity index (χ1) is 22.8. The van der Waals surface area contributed by atoms with Crippen LogP contribution in [0.1, 0.15) is 57.8 Å². The van der Waals surface area contributed by atoms with E-state index in [9.17, 15) is 4.79 Å². The van der Waals surface area contributed by atoms with E-state index in [0.29, 0.717) is 52.7 Å². The van der Waals surface area contributed by atoms with E-state index in [1.54, 1.807) is 11.1 Å². The van der Waals surface area contributed by atoms with Gasteiger partial charge in [-0.15, -0.1) is 0 Å². The third-order valence-electron chi connectivity index (χ3n) is 11.4. The molecule has 0 spiro atoms. The van der Waals surface area contributed by atoms with Crippen molar-refractivity contribution in [1.82, 2.24) is 24.8 Å². The van der Waals surface area contributed by atoms with E-state index >= 15 is 4.39 Å². The fraction of sp³-hybridized carbons (Fsp3) is 0.514. The lowest BCUT2D eigenvalue weighted by Gasteiger charge is -2.35. The van der Waals surface area contributed by atoms with Crippen molar-refractivity contribution in [3.8, 4) is 17.3 Å². The zero-order valence-corrected chi connectivity index (χ0v) is 28.0. The van der Waals surface area contributed by atoms with Gasteiger partial charge >= 0.3 is 6.01 Å². The van der Waals surface area contributed by atoms with Gasteiger partial charge in [0.2, 0.25) is 5.91 Å². The number of hydrogen-bond acceptors (Lipinski definition) is 7. The van der Waals surface area contributed by atoms with Crippen LogP contribution >= 0.6 is 11.6 Å². The lowest BCUT2D eigenvalue weighted by Crippen LogP contribution is -2.47. The summed E-state index contributed by atoms with van der Waals surface area (Å²) in [5.74, 6) is 1.64. The number of carbonyl (C=O) groups excluding carboxylic acids is 1. The van der Waals surface area contributed by atoms with Gasteiger partial charge in [0.25, 0.3) is 0 Å². The largest absolute Gasteiger partial charge is 0.461 e. The van der Waals surface area contributed by atoms with Crippen molar-refractivity contribution >= 4 is 45.0 Å². The van der Waals surface area contributed by atoms with Gasteiger partial charge in [-0.05, 0) is 81.2 Å². The lowest BCUT2D eigenvalue weighted by molar-refractivity contribution is -0.129. The number of fused-ring (bicyclic) bond motifs is 5. The quantitative estimate of drug-likeness (QED) is 0.200. The molecule has 8 rings (SSSR count). The van der Waals surface area contributed by atoms with Crippen molar-refractivity contribution in [2.24, 2.45) is 11.8 Å². The summed E-state index contributed by atoms with van der Waals surface area (Å²) >= 11 is 6.65. The van der Waals surface area contributed by atoms with Crippen LogP contribution in [0.3, 0.4) is 0 Å². The highest BCUT2D eigenvalue weighted by atomic mass is 35.5. The Morgan fingerprint density at radius 3 is 2.66 bits per heavy atom. The standard InChI is InChI=1S/C37H42ClFN6O2/c1-43(2)30(46)13-12-26-14-16-37(15-5-17-45(26)37)22-47-36-41-34-28(35(42-36)44-20-23-10-11-24(18-23)21-44)19-40-33(32(34)39)27-8-3-6-25-7-4-9-29(38)31(25)27/h3-4,6-9,19,23-24,26H,5,10-18,20-22H2,1-2H3/t23?,24?,26-,37+/m0/s1. The third kappa shape index (κ3) is 5.49. The Hall–Kier alpha value is -3.56. The number of benzene rings is 2. The van der Waals surface area contributed by atoms with Crippen LogP contribution in [0.15, 0.2) is 42.6 Å². The Labute approximate surface area is 280 Å². The first kappa shape index (κ1) is 30.8. The summed E-state index contributed by atoms with van der Waals surface area (Å²) in [6, 6.07) is 12.0. The summed E-state index contributed by atoms with van der Waals surface area (Å²) in [6.45, 7) is 3.24. The molecule has 0 N–H and O–H groups in total. The van der Waals surface area contributed by atoms with Crippen LogP contribution in [0.25, 0.3) is 32.9 Å². The van der Waals surface area contributed by atoms with Crippen molar-refractivity contribution in [3.05, 3.63) is 53.4 Å². The SMILES string of the molecule is CN(C)C(=O)CC[C@H]1CC[C@@]2(COc3nc(N4CC5CCC(C5)C4)c4cnc(-c5cccc6cccc(Cl)c56)c(F)c4n3)CCCN12. The Balaban J connectivity index is 1.15. The van der Waals surface area contributed by atoms with Gasteiger partial charge < -0.3 is 14.5 Å². The normalized spacial score (nSPS) is 25.5. The molecule has 4 aromatic rings. The minimum Gasteiger partial charge on any atom is -0.461 e. The van der Waals surface area contributed by atoms with Gasteiger partial charge in [0.15, 0.2) is 5.82 Å². The van der Waals surface area contributed by atoms with Crippen molar-refractivity contribution in [1.29, 1.82) is 0 Å². The van der Waals surface area contributed by atoms with Gasteiger partial charge in [-0.1, -0.05) is 41.9 Å². The molecular formula is C37H42ClFN6O2. The molecule has 4 aliphatic rings. The molecule has 2 unspecified atom stereocenters. The molecule has 2 bridgehead atoms. The average molecular weight is 657 g/mol. The molecule has 1 saturated carbocycles. The van der Waals surface area contributed by atoms with E-state index < -0.39 is 5.82 Å². The summed E-state index contributed by atoms with van der Waals surface area (Å²) in [5, 5.41) is 2.85. The second-order valence-corrected chi connectivity index (χ2v) is 14.8. The summed E-state index contributed by atoms with van der Waals surface area (Å²) in [4.78, 5) is 33.3. The summed E-state index contributed by atoms with van der Waals surface area (Å²) in [5.41, 5.74) is 0.966. The van der Waals surface area contributed by atoms with Crippen LogP contribution in [-0.4, -0.2) is 82.6 Å². The molecule has 10 heteroatoms. The molecule has 2 aromatic heterocycles. The fourth-order valence-corrected chi connectivity index (χ4v) is 9.30. The Morgan fingerprint density at radius 1 is 1.09 bits per heavy atom. The number of pyridine rings is 1. The van der Waals surface area contributed by atoms with E-state index in [1.165, 1.54) is 19.3 Å². The molecule has 2 aromatic carbocycles. The summed E-state index contributed by atoms with van der Waals surface area (Å²) < 4.78 is 23.3. The first-order valence-electron chi connectivity index (χ1n) is 17.2. The van der Waals surface area contributed by atoms with Gasteiger partial charge in [0.1, 0.15) is 23.6 Å². The Morgan fingerprint density at radius 2 is 1.87 bits per heavy atom. The topological polar surface area (TPSA) is 74.7 Å². The number of nitrogens with zero attached hydrogens (tertiary/aromatic N) is 6. The molecule has 47 heavy (non-hydrogen) atoms. The molecule has 3 aliphatic heterocycles. The molecule has 3 saturated heterocycles. The number of ether oxygens (including phenoxy) is 1. The van der Waals surface area contributed by atoms with E-state index in [4.69, 9.17) is 31.3 Å². The highest BCUT2D eigenvalue weighted by Crippen LogP contribution is 2.45. The lowest BCUT2D eigenvalue weighted by atomic mass is 9.95.